The summed E-state index contributed by atoms with van der Waals surface area (Å²) in [5.74, 6) is 1.42. The smallest absolute Gasteiger partial charge is 0.410 e. The van der Waals surface area contributed by atoms with Crippen molar-refractivity contribution in [2.75, 3.05) is 81.8 Å². The molecule has 2 N–H and O–H groups in total. The third-order valence-corrected chi connectivity index (χ3v) is 6.94. The summed E-state index contributed by atoms with van der Waals surface area (Å²) >= 11 is 0. The molecule has 13 heteroatoms. The number of aromatic nitrogens is 4. The van der Waals surface area contributed by atoms with Crippen molar-refractivity contribution in [2.45, 2.75) is 39.5 Å². The largest absolute Gasteiger partial charge is 0.444 e. The van der Waals surface area contributed by atoms with Crippen LogP contribution in [0, 0.1) is 0 Å². The predicted molar refractivity (Wildman–Crippen MR) is 140 cm³/mol. The van der Waals surface area contributed by atoms with E-state index < -0.39 is 11.8 Å². The van der Waals surface area contributed by atoms with E-state index in [1.165, 1.54) is 0 Å². The van der Waals surface area contributed by atoms with Gasteiger partial charge in [-0.2, -0.15) is 9.97 Å². The first-order valence-corrected chi connectivity index (χ1v) is 13.1. The van der Waals surface area contributed by atoms with Crippen molar-refractivity contribution in [1.29, 1.82) is 0 Å². The lowest BCUT2D eigenvalue weighted by Crippen LogP contribution is -2.54. The summed E-state index contributed by atoms with van der Waals surface area (Å²) in [5, 5.41) is 6.77. The lowest BCUT2D eigenvalue weighted by Gasteiger charge is -2.41. The van der Waals surface area contributed by atoms with Crippen LogP contribution >= 0.6 is 0 Å². The van der Waals surface area contributed by atoms with Gasteiger partial charge in [-0.25, -0.2) is 9.78 Å². The first kappa shape index (κ1) is 25.5. The molecule has 3 aliphatic heterocycles. The summed E-state index contributed by atoms with van der Waals surface area (Å²) < 4.78 is 7.55. The fourth-order valence-electron chi connectivity index (χ4n) is 5.07. The van der Waals surface area contributed by atoms with E-state index in [4.69, 9.17) is 19.7 Å². The summed E-state index contributed by atoms with van der Waals surface area (Å²) in [6.45, 7) is 15.0. The Kier molecular flexibility index (Phi) is 7.08. The molecule has 0 spiro atoms. The maximum absolute atomic E-state index is 12.9. The number of hydrogen-bond donors (Lipinski definition) is 2. The van der Waals surface area contributed by atoms with Crippen LogP contribution in [0.15, 0.2) is 6.33 Å². The Hall–Kier alpha value is -3.19. The van der Waals surface area contributed by atoms with Crippen molar-refractivity contribution in [2.24, 2.45) is 0 Å². The second kappa shape index (κ2) is 10.3. The second-order valence-electron chi connectivity index (χ2n) is 10.8. The molecule has 13 nitrogen and oxygen atoms in total. The van der Waals surface area contributed by atoms with Crippen molar-refractivity contribution < 1.29 is 14.3 Å². The van der Waals surface area contributed by atoms with Gasteiger partial charge in [0.2, 0.25) is 11.9 Å². The van der Waals surface area contributed by atoms with Gasteiger partial charge in [-0.3, -0.25) is 9.36 Å². The molecule has 5 heterocycles. The molecule has 0 radical (unpaired) electrons. The summed E-state index contributed by atoms with van der Waals surface area (Å²) in [6.07, 6.45) is 0.888. The zero-order valence-corrected chi connectivity index (χ0v) is 22.2. The van der Waals surface area contributed by atoms with E-state index in [2.05, 4.69) is 20.4 Å². The van der Waals surface area contributed by atoms with Crippen LogP contribution in [0.3, 0.4) is 0 Å². The molecule has 5 rings (SSSR count). The van der Waals surface area contributed by atoms with Gasteiger partial charge < -0.3 is 35.0 Å². The molecule has 0 aromatic carbocycles. The van der Waals surface area contributed by atoms with Gasteiger partial charge >= 0.3 is 6.09 Å². The zero-order valence-electron chi connectivity index (χ0n) is 22.2. The van der Waals surface area contributed by atoms with Gasteiger partial charge in [0.15, 0.2) is 17.0 Å². The fraction of sp³-hybridized carbons (Fsp3) is 0.708. The van der Waals surface area contributed by atoms with Crippen molar-refractivity contribution in [1.82, 2.24) is 40.0 Å². The van der Waals surface area contributed by atoms with E-state index in [0.717, 1.165) is 58.2 Å². The number of piperazine rings is 3. The van der Waals surface area contributed by atoms with Gasteiger partial charge in [-0.1, -0.05) is 0 Å². The van der Waals surface area contributed by atoms with Crippen molar-refractivity contribution in [3.05, 3.63) is 6.33 Å². The molecular weight excluding hydrogens is 476 g/mol. The van der Waals surface area contributed by atoms with E-state index in [-0.39, 0.29) is 18.5 Å². The average Bonchev–Trinajstić information content (AvgIpc) is 3.31. The van der Waals surface area contributed by atoms with Crippen LogP contribution in [0.2, 0.25) is 0 Å². The summed E-state index contributed by atoms with van der Waals surface area (Å²) in [4.78, 5) is 48.2. The number of fused-ring (bicyclic) bond motifs is 1. The minimum atomic E-state index is -0.602. The number of anilines is 2. The van der Waals surface area contributed by atoms with Crippen LogP contribution < -0.4 is 20.4 Å². The molecule has 202 valence electrons. The second-order valence-corrected chi connectivity index (χ2v) is 10.8. The van der Waals surface area contributed by atoms with E-state index in [1.54, 1.807) is 23.1 Å². The van der Waals surface area contributed by atoms with Crippen LogP contribution in [0.5, 0.6) is 0 Å². The SMILES string of the molecule is CC(=O)N1CCN(C(=O)OC(C)(C)C)CC1n1cnc2c(N3CCNCC3)nc(N3CCNCC3)nc21. The van der Waals surface area contributed by atoms with Crippen LogP contribution in [-0.2, 0) is 9.53 Å². The maximum Gasteiger partial charge on any atom is 0.410 e. The van der Waals surface area contributed by atoms with Crippen molar-refractivity contribution in [3.8, 4) is 0 Å². The monoisotopic (exact) mass is 514 g/mol. The highest BCUT2D eigenvalue weighted by atomic mass is 16.6. The summed E-state index contributed by atoms with van der Waals surface area (Å²) in [6, 6.07) is 0. The van der Waals surface area contributed by atoms with E-state index in [0.29, 0.717) is 30.2 Å². The molecule has 3 aliphatic rings. The van der Waals surface area contributed by atoms with Gasteiger partial charge in [0, 0.05) is 72.4 Å². The van der Waals surface area contributed by atoms with Gasteiger partial charge in [0.05, 0.1) is 12.9 Å². The highest BCUT2D eigenvalue weighted by molar-refractivity contribution is 5.85. The molecule has 0 saturated carbocycles. The molecule has 2 aromatic rings. The first-order valence-electron chi connectivity index (χ1n) is 13.1. The Bertz CT molecular complexity index is 1130. The average molecular weight is 515 g/mol. The number of rotatable bonds is 3. The van der Waals surface area contributed by atoms with E-state index in [9.17, 15) is 9.59 Å². The standard InChI is InChI=1S/C24H38N10O3/c1-17(35)33-14-13-32(23(36)37-24(2,3)4)15-18(33)34-16-27-19-20(30-9-5-25-6-10-30)28-22(29-21(19)34)31-11-7-26-8-12-31/h16,18,25-26H,5-15H2,1-4H3. The first-order chi connectivity index (χ1) is 17.7. The Balaban J connectivity index is 1.55. The van der Waals surface area contributed by atoms with E-state index >= 15 is 0 Å². The molecule has 3 fully saturated rings. The molecule has 1 atom stereocenters. The highest BCUT2D eigenvalue weighted by Gasteiger charge is 2.36. The molecule has 3 saturated heterocycles. The highest BCUT2D eigenvalue weighted by Crippen LogP contribution is 2.30. The predicted octanol–water partition coefficient (Wildman–Crippen LogP) is 0.243. The minimum Gasteiger partial charge on any atom is -0.444 e. The van der Waals surface area contributed by atoms with Crippen LogP contribution in [0.25, 0.3) is 11.2 Å². The molecule has 2 aromatic heterocycles. The normalized spacial score (nSPS) is 21.5. The number of imidazole rings is 1. The fourth-order valence-corrected chi connectivity index (χ4v) is 5.07. The summed E-state index contributed by atoms with van der Waals surface area (Å²) in [5.41, 5.74) is 0.772. The van der Waals surface area contributed by atoms with Crippen molar-refractivity contribution in [3.63, 3.8) is 0 Å². The van der Waals surface area contributed by atoms with Crippen molar-refractivity contribution >= 4 is 34.9 Å². The third-order valence-electron chi connectivity index (χ3n) is 6.94. The summed E-state index contributed by atoms with van der Waals surface area (Å²) in [7, 11) is 0. The van der Waals surface area contributed by atoms with Crippen LogP contribution in [0.1, 0.15) is 33.9 Å². The topological polar surface area (TPSA) is 124 Å². The van der Waals surface area contributed by atoms with Gasteiger partial charge in [0.1, 0.15) is 11.8 Å². The van der Waals surface area contributed by atoms with Gasteiger partial charge in [-0.15, -0.1) is 0 Å². The Labute approximate surface area is 217 Å². The molecular formula is C24H38N10O3. The van der Waals surface area contributed by atoms with Crippen LogP contribution in [-0.4, -0.2) is 119 Å². The number of nitrogens with zero attached hydrogens (tertiary/aromatic N) is 8. The Morgan fingerprint density at radius 2 is 1.59 bits per heavy atom. The lowest BCUT2D eigenvalue weighted by atomic mass is 10.2. The quantitative estimate of drug-likeness (QED) is 0.589. The Morgan fingerprint density at radius 3 is 2.22 bits per heavy atom. The molecule has 0 bridgehead atoms. The molecule has 2 amide bonds. The Morgan fingerprint density at radius 1 is 0.946 bits per heavy atom. The number of carbonyl (C=O) groups is 2. The number of ether oxygens (including phenoxy) is 1. The van der Waals surface area contributed by atoms with E-state index in [1.807, 2.05) is 25.3 Å². The number of hydrogen-bond acceptors (Lipinski definition) is 10. The lowest BCUT2D eigenvalue weighted by molar-refractivity contribution is -0.136. The third kappa shape index (κ3) is 5.42. The van der Waals surface area contributed by atoms with Gasteiger partial charge in [-0.05, 0) is 20.8 Å². The number of carbonyl (C=O) groups excluding carboxylic acids is 2. The molecule has 0 aliphatic carbocycles. The molecule has 1 unspecified atom stereocenters. The zero-order chi connectivity index (χ0) is 26.2. The van der Waals surface area contributed by atoms with Gasteiger partial charge in [0.25, 0.3) is 0 Å². The maximum atomic E-state index is 12.9. The van der Waals surface area contributed by atoms with Crippen LogP contribution in [0.4, 0.5) is 16.6 Å². The molecule has 37 heavy (non-hydrogen) atoms. The number of nitrogens with one attached hydrogen (secondary N) is 2. The number of amides is 2. The minimum absolute atomic E-state index is 0.0607.